The van der Waals surface area contributed by atoms with Crippen LogP contribution in [0.5, 0.6) is 11.5 Å². The normalized spacial score (nSPS) is 11.2. The lowest BCUT2D eigenvalue weighted by atomic mass is 10.2. The van der Waals surface area contributed by atoms with Gasteiger partial charge in [-0.05, 0) is 25.2 Å². The molecule has 8 nitrogen and oxygen atoms in total. The second-order valence-corrected chi connectivity index (χ2v) is 6.69. The molecule has 0 saturated carbocycles. The predicted octanol–water partition coefficient (Wildman–Crippen LogP) is 2.11. The van der Waals surface area contributed by atoms with Gasteiger partial charge in [-0.15, -0.1) is 0 Å². The van der Waals surface area contributed by atoms with Crippen LogP contribution in [0.3, 0.4) is 0 Å². The molecule has 0 bridgehead atoms. The highest BCUT2D eigenvalue weighted by Crippen LogP contribution is 2.36. The minimum Gasteiger partial charge on any atom is -0.495 e. The third-order valence-electron chi connectivity index (χ3n) is 3.06. The van der Waals surface area contributed by atoms with Gasteiger partial charge in [0, 0.05) is 6.07 Å². The van der Waals surface area contributed by atoms with Gasteiger partial charge in [0.15, 0.2) is 5.76 Å². The first-order chi connectivity index (χ1) is 11.3. The van der Waals surface area contributed by atoms with Crippen LogP contribution >= 0.6 is 11.6 Å². The Bertz CT molecular complexity index is 862. The Morgan fingerprint density at radius 3 is 2.42 bits per heavy atom. The second kappa shape index (κ2) is 7.12. The number of anilines is 1. The fourth-order valence-electron chi connectivity index (χ4n) is 1.83. The number of furan rings is 1. The van der Waals surface area contributed by atoms with Crippen LogP contribution in [0.15, 0.2) is 33.8 Å². The van der Waals surface area contributed by atoms with E-state index in [2.05, 4.69) is 10.0 Å². The molecule has 0 atom stereocenters. The van der Waals surface area contributed by atoms with Crippen molar-refractivity contribution in [2.24, 2.45) is 0 Å². The number of hydrogen-bond donors (Lipinski definition) is 2. The molecule has 1 aromatic carbocycles. The van der Waals surface area contributed by atoms with Crippen molar-refractivity contribution in [1.29, 1.82) is 0 Å². The average Bonchev–Trinajstić information content (AvgIpc) is 3.06. The lowest BCUT2D eigenvalue weighted by molar-refractivity contribution is 0.0991. The molecule has 2 N–H and O–H groups in total. The summed E-state index contributed by atoms with van der Waals surface area (Å²) in [5.41, 5.74) is 0.280. The Kier molecular flexibility index (Phi) is 5.37. The number of carbonyl (C=O) groups is 1. The van der Waals surface area contributed by atoms with E-state index < -0.39 is 15.9 Å². The summed E-state index contributed by atoms with van der Waals surface area (Å²) < 4.78 is 40.6. The van der Waals surface area contributed by atoms with Crippen LogP contribution in [0.2, 0.25) is 5.02 Å². The number of methoxy groups -OCH3 is 2. The first-order valence-electron chi connectivity index (χ1n) is 6.58. The molecule has 0 fully saturated rings. The number of amides is 1. The van der Waals surface area contributed by atoms with E-state index in [1.807, 2.05) is 0 Å². The van der Waals surface area contributed by atoms with E-state index in [1.165, 1.54) is 45.5 Å². The highest BCUT2D eigenvalue weighted by atomic mass is 35.5. The summed E-state index contributed by atoms with van der Waals surface area (Å²) in [6.45, 7) is 0. The van der Waals surface area contributed by atoms with E-state index in [9.17, 15) is 13.2 Å². The largest absolute Gasteiger partial charge is 0.495 e. The van der Waals surface area contributed by atoms with Gasteiger partial charge in [-0.1, -0.05) is 11.6 Å². The van der Waals surface area contributed by atoms with E-state index in [4.69, 9.17) is 25.5 Å². The molecule has 1 heterocycles. The Labute approximate surface area is 143 Å². The fourth-order valence-corrected chi connectivity index (χ4v) is 2.72. The van der Waals surface area contributed by atoms with Gasteiger partial charge in [-0.2, -0.15) is 0 Å². The Morgan fingerprint density at radius 2 is 1.83 bits per heavy atom. The zero-order valence-electron chi connectivity index (χ0n) is 13.0. The zero-order chi connectivity index (χ0) is 17.9. The number of carbonyl (C=O) groups excluding carboxylic acids is 1. The minimum atomic E-state index is -3.77. The van der Waals surface area contributed by atoms with Gasteiger partial charge < -0.3 is 19.2 Å². The summed E-state index contributed by atoms with van der Waals surface area (Å²) in [5.74, 6) is -0.143. The molecule has 130 valence electrons. The van der Waals surface area contributed by atoms with Crippen molar-refractivity contribution >= 4 is 33.2 Å². The molecule has 2 rings (SSSR count). The molecule has 0 aliphatic rings. The maximum Gasteiger partial charge on any atom is 0.291 e. The predicted molar refractivity (Wildman–Crippen MR) is 87.5 cm³/mol. The van der Waals surface area contributed by atoms with Crippen molar-refractivity contribution in [3.63, 3.8) is 0 Å². The SMILES string of the molecule is CNS(=O)(=O)c1ccc(C(=O)Nc2cc(Cl)c(OC)cc2OC)o1. The number of rotatable bonds is 6. The molecule has 0 saturated heterocycles. The Hall–Kier alpha value is -2.23. The van der Waals surface area contributed by atoms with Crippen molar-refractivity contribution in [2.75, 3.05) is 26.6 Å². The molecule has 0 aliphatic heterocycles. The topological polar surface area (TPSA) is 107 Å². The number of halogens is 1. The zero-order valence-corrected chi connectivity index (χ0v) is 14.6. The van der Waals surface area contributed by atoms with Crippen molar-refractivity contribution in [3.05, 3.63) is 35.0 Å². The second-order valence-electron chi connectivity index (χ2n) is 4.47. The molecular weight excluding hydrogens is 360 g/mol. The summed E-state index contributed by atoms with van der Waals surface area (Å²) in [4.78, 5) is 12.2. The summed E-state index contributed by atoms with van der Waals surface area (Å²) in [6.07, 6.45) is 0. The molecule has 0 unspecified atom stereocenters. The molecule has 0 spiro atoms. The summed E-state index contributed by atoms with van der Waals surface area (Å²) in [6, 6.07) is 5.39. The van der Waals surface area contributed by atoms with E-state index in [0.717, 1.165) is 0 Å². The van der Waals surface area contributed by atoms with Gasteiger partial charge in [-0.3, -0.25) is 4.79 Å². The fraction of sp³-hybridized carbons (Fsp3) is 0.214. The molecule has 2 aromatic rings. The van der Waals surface area contributed by atoms with Crippen LogP contribution in [0.25, 0.3) is 0 Å². The first kappa shape index (κ1) is 18.1. The molecule has 1 amide bonds. The molecule has 24 heavy (non-hydrogen) atoms. The lowest BCUT2D eigenvalue weighted by Crippen LogP contribution is -2.18. The smallest absolute Gasteiger partial charge is 0.291 e. The van der Waals surface area contributed by atoms with E-state index in [0.29, 0.717) is 11.5 Å². The number of benzene rings is 1. The van der Waals surface area contributed by atoms with Gasteiger partial charge >= 0.3 is 0 Å². The highest BCUT2D eigenvalue weighted by molar-refractivity contribution is 7.89. The maximum absolute atomic E-state index is 12.2. The molecule has 0 aliphatic carbocycles. The average molecular weight is 375 g/mol. The number of ether oxygens (including phenoxy) is 2. The molecule has 0 radical (unpaired) electrons. The molecular formula is C14H15ClN2O6S. The quantitative estimate of drug-likeness (QED) is 0.801. The number of nitrogens with one attached hydrogen (secondary N) is 2. The maximum atomic E-state index is 12.2. The van der Waals surface area contributed by atoms with Crippen LogP contribution in [0, 0.1) is 0 Å². The van der Waals surface area contributed by atoms with Crippen LogP contribution in [0.4, 0.5) is 5.69 Å². The van der Waals surface area contributed by atoms with Crippen molar-refractivity contribution in [3.8, 4) is 11.5 Å². The molecule has 10 heteroatoms. The van der Waals surface area contributed by atoms with E-state index in [1.54, 1.807) is 0 Å². The third-order valence-corrected chi connectivity index (χ3v) is 4.64. The van der Waals surface area contributed by atoms with Crippen LogP contribution < -0.4 is 19.5 Å². The van der Waals surface area contributed by atoms with Crippen LogP contribution in [-0.2, 0) is 10.0 Å². The highest BCUT2D eigenvalue weighted by Gasteiger charge is 2.21. The summed E-state index contributed by atoms with van der Waals surface area (Å²) in [7, 11) is 0.336. The van der Waals surface area contributed by atoms with Gasteiger partial charge in [0.25, 0.3) is 15.9 Å². The van der Waals surface area contributed by atoms with Gasteiger partial charge in [0.1, 0.15) is 11.5 Å². The number of hydrogen-bond acceptors (Lipinski definition) is 6. The van der Waals surface area contributed by atoms with Crippen LogP contribution in [0.1, 0.15) is 10.6 Å². The standard InChI is InChI=1S/C14H15ClN2O6S/c1-16-24(19,20)13-5-4-10(23-13)14(18)17-9-6-8(15)11(21-2)7-12(9)22-3/h4-7,16H,1-3H3,(H,17,18). The Morgan fingerprint density at radius 1 is 1.17 bits per heavy atom. The monoisotopic (exact) mass is 374 g/mol. The van der Waals surface area contributed by atoms with Crippen molar-refractivity contribution < 1.29 is 27.1 Å². The minimum absolute atomic E-state index is 0.183. The van der Waals surface area contributed by atoms with Crippen molar-refractivity contribution in [2.45, 2.75) is 5.09 Å². The lowest BCUT2D eigenvalue weighted by Gasteiger charge is -2.12. The Balaban J connectivity index is 2.29. The number of sulfonamides is 1. The van der Waals surface area contributed by atoms with E-state index >= 15 is 0 Å². The summed E-state index contributed by atoms with van der Waals surface area (Å²) >= 11 is 6.03. The van der Waals surface area contributed by atoms with E-state index in [-0.39, 0.29) is 21.6 Å². The van der Waals surface area contributed by atoms with Crippen molar-refractivity contribution in [1.82, 2.24) is 4.72 Å². The van der Waals surface area contributed by atoms with Gasteiger partial charge in [0.2, 0.25) is 5.09 Å². The third kappa shape index (κ3) is 3.64. The summed E-state index contributed by atoms with van der Waals surface area (Å²) in [5, 5.41) is 2.44. The van der Waals surface area contributed by atoms with Crippen LogP contribution in [-0.4, -0.2) is 35.6 Å². The van der Waals surface area contributed by atoms with Gasteiger partial charge in [-0.25, -0.2) is 13.1 Å². The van der Waals surface area contributed by atoms with Gasteiger partial charge in [0.05, 0.1) is 24.9 Å². The molecule has 1 aromatic heterocycles. The first-order valence-corrected chi connectivity index (χ1v) is 8.44.